The van der Waals surface area contributed by atoms with Crippen LogP contribution in [-0.4, -0.2) is 12.1 Å². The summed E-state index contributed by atoms with van der Waals surface area (Å²) in [5, 5.41) is 18.5. The largest absolute Gasteiger partial charge is 0.491 e. The number of hydrogen-bond acceptors (Lipinski definition) is 4. The normalized spacial score (nSPS) is 12.9. The van der Waals surface area contributed by atoms with Crippen molar-refractivity contribution in [3.8, 4) is 17.6 Å². The highest BCUT2D eigenvalue weighted by Gasteiger charge is 2.29. The van der Waals surface area contributed by atoms with Crippen LogP contribution < -0.4 is 10.2 Å². The van der Waals surface area contributed by atoms with Crippen molar-refractivity contribution in [3.63, 3.8) is 0 Å². The third-order valence-corrected chi connectivity index (χ3v) is 3.01. The molecule has 0 aromatic heterocycles. The van der Waals surface area contributed by atoms with Crippen molar-refractivity contribution in [1.29, 1.82) is 5.26 Å². The minimum atomic E-state index is -0.885. The van der Waals surface area contributed by atoms with Gasteiger partial charge in [-0.3, -0.25) is 0 Å². The second kappa shape index (κ2) is 4.77. The van der Waals surface area contributed by atoms with Crippen LogP contribution in [0.25, 0.3) is 0 Å². The highest BCUT2D eigenvalue weighted by atomic mass is 16.5. The maximum absolute atomic E-state index is 9.63. The zero-order valence-corrected chi connectivity index (χ0v) is 10.0. The molecule has 0 bridgehead atoms. The molecular weight excluding hydrogens is 241 g/mol. The molecule has 4 nitrogen and oxygen atoms in total. The monoisotopic (exact) mass is 251 g/mol. The smallest absolute Gasteiger partial charge is 0.457 e. The maximum atomic E-state index is 9.63. The number of benzene rings is 2. The summed E-state index contributed by atoms with van der Waals surface area (Å²) in [7, 11) is -0.885. The van der Waals surface area contributed by atoms with Crippen LogP contribution in [-0.2, 0) is 11.3 Å². The lowest BCUT2D eigenvalue weighted by molar-refractivity contribution is 0.272. The summed E-state index contributed by atoms with van der Waals surface area (Å²) in [6.45, 7) is 0.324. The molecule has 0 atom stereocenters. The van der Waals surface area contributed by atoms with E-state index in [4.69, 9.17) is 14.7 Å². The van der Waals surface area contributed by atoms with Crippen molar-refractivity contribution in [2.75, 3.05) is 0 Å². The van der Waals surface area contributed by atoms with Gasteiger partial charge in [0.25, 0.3) is 0 Å². The van der Waals surface area contributed by atoms with Gasteiger partial charge in [-0.25, -0.2) is 0 Å². The Kier molecular flexibility index (Phi) is 2.96. The van der Waals surface area contributed by atoms with Crippen LogP contribution in [0.2, 0.25) is 0 Å². The molecule has 0 saturated carbocycles. The number of fused-ring (bicyclic) bond motifs is 1. The average molecular weight is 251 g/mol. The summed E-state index contributed by atoms with van der Waals surface area (Å²) < 4.78 is 10.9. The third kappa shape index (κ3) is 2.19. The van der Waals surface area contributed by atoms with Crippen LogP contribution in [0, 0.1) is 11.3 Å². The van der Waals surface area contributed by atoms with E-state index in [1.165, 1.54) is 0 Å². The molecule has 0 fully saturated rings. The van der Waals surface area contributed by atoms with E-state index in [-0.39, 0.29) is 0 Å². The number of hydrogen-bond donors (Lipinski definition) is 1. The fourth-order valence-corrected chi connectivity index (χ4v) is 2.07. The first-order chi connectivity index (χ1) is 9.28. The van der Waals surface area contributed by atoms with Gasteiger partial charge in [-0.05, 0) is 29.7 Å². The van der Waals surface area contributed by atoms with Crippen molar-refractivity contribution in [2.24, 2.45) is 0 Å². The van der Waals surface area contributed by atoms with Gasteiger partial charge in [0.1, 0.15) is 11.5 Å². The summed E-state index contributed by atoms with van der Waals surface area (Å²) in [6.07, 6.45) is 0. The van der Waals surface area contributed by atoms with Crippen LogP contribution in [0.1, 0.15) is 11.1 Å². The minimum Gasteiger partial charge on any atom is -0.457 e. The maximum Gasteiger partial charge on any atom is 0.491 e. The Balaban J connectivity index is 1.94. The van der Waals surface area contributed by atoms with Gasteiger partial charge in [0.15, 0.2) is 0 Å². The second-order valence-corrected chi connectivity index (χ2v) is 4.23. The molecule has 0 aliphatic carbocycles. The first-order valence-corrected chi connectivity index (χ1v) is 5.87. The number of nitriles is 1. The molecule has 1 aliphatic heterocycles. The van der Waals surface area contributed by atoms with Gasteiger partial charge in [-0.1, -0.05) is 18.2 Å². The van der Waals surface area contributed by atoms with E-state index >= 15 is 0 Å². The molecule has 5 heteroatoms. The van der Waals surface area contributed by atoms with E-state index < -0.39 is 7.12 Å². The van der Waals surface area contributed by atoms with Gasteiger partial charge in [0.05, 0.1) is 18.2 Å². The Hall–Kier alpha value is -2.29. The van der Waals surface area contributed by atoms with E-state index in [1.54, 1.807) is 30.3 Å². The molecule has 19 heavy (non-hydrogen) atoms. The summed E-state index contributed by atoms with van der Waals surface area (Å²) in [5.41, 5.74) is 2.12. The fourth-order valence-electron chi connectivity index (χ4n) is 2.07. The van der Waals surface area contributed by atoms with Crippen molar-refractivity contribution in [3.05, 3.63) is 53.6 Å². The van der Waals surface area contributed by atoms with Gasteiger partial charge in [0, 0.05) is 5.56 Å². The predicted octanol–water partition coefficient (Wildman–Crippen LogP) is 1.57. The van der Waals surface area contributed by atoms with Crippen molar-refractivity contribution in [1.82, 2.24) is 0 Å². The Morgan fingerprint density at radius 2 is 2.11 bits per heavy atom. The van der Waals surface area contributed by atoms with Crippen LogP contribution in [0.4, 0.5) is 0 Å². The molecular formula is C14H10BNO3. The zero-order valence-electron chi connectivity index (χ0n) is 10.0. The van der Waals surface area contributed by atoms with Crippen molar-refractivity contribution in [2.45, 2.75) is 6.61 Å². The van der Waals surface area contributed by atoms with E-state index in [0.29, 0.717) is 23.7 Å². The lowest BCUT2D eigenvalue weighted by Crippen LogP contribution is -2.27. The quantitative estimate of drug-likeness (QED) is 0.823. The summed E-state index contributed by atoms with van der Waals surface area (Å²) >= 11 is 0. The molecule has 2 aromatic carbocycles. The Labute approximate surface area is 111 Å². The van der Waals surface area contributed by atoms with E-state index in [9.17, 15) is 5.02 Å². The molecule has 0 saturated heterocycles. The van der Waals surface area contributed by atoms with Gasteiger partial charge in [-0.15, -0.1) is 0 Å². The molecule has 0 amide bonds. The summed E-state index contributed by atoms with van der Waals surface area (Å²) in [4.78, 5) is 0. The number of nitrogens with zero attached hydrogens (tertiary/aromatic N) is 1. The van der Waals surface area contributed by atoms with Gasteiger partial charge in [0.2, 0.25) is 0 Å². The molecule has 0 radical (unpaired) electrons. The Morgan fingerprint density at radius 3 is 2.95 bits per heavy atom. The fraction of sp³-hybridized carbons (Fsp3) is 0.0714. The molecule has 1 heterocycles. The Morgan fingerprint density at radius 1 is 1.26 bits per heavy atom. The SMILES string of the molecule is N#Cc1cccc(Oc2cccc3c2COB3O)c1. The van der Waals surface area contributed by atoms with Gasteiger partial charge >= 0.3 is 7.12 Å². The molecule has 2 aromatic rings. The van der Waals surface area contributed by atoms with E-state index in [2.05, 4.69) is 6.07 Å². The van der Waals surface area contributed by atoms with Crippen LogP contribution in [0.3, 0.4) is 0 Å². The lowest BCUT2D eigenvalue weighted by atomic mass is 9.79. The molecule has 3 rings (SSSR count). The topological polar surface area (TPSA) is 62.5 Å². The van der Waals surface area contributed by atoms with E-state index in [1.807, 2.05) is 12.1 Å². The van der Waals surface area contributed by atoms with E-state index in [0.717, 1.165) is 11.0 Å². The lowest BCUT2D eigenvalue weighted by Gasteiger charge is -2.09. The first kappa shape index (κ1) is 11.8. The third-order valence-electron chi connectivity index (χ3n) is 3.01. The molecule has 92 valence electrons. The van der Waals surface area contributed by atoms with Crippen LogP contribution in [0.15, 0.2) is 42.5 Å². The number of rotatable bonds is 2. The molecule has 0 unspecified atom stereocenters. The highest BCUT2D eigenvalue weighted by molar-refractivity contribution is 6.61. The highest BCUT2D eigenvalue weighted by Crippen LogP contribution is 2.27. The summed E-state index contributed by atoms with van der Waals surface area (Å²) in [5.74, 6) is 1.23. The second-order valence-electron chi connectivity index (χ2n) is 4.23. The average Bonchev–Trinajstić information content (AvgIpc) is 2.82. The van der Waals surface area contributed by atoms with Crippen LogP contribution >= 0.6 is 0 Å². The number of ether oxygens (including phenoxy) is 1. The van der Waals surface area contributed by atoms with Gasteiger partial charge < -0.3 is 14.4 Å². The molecule has 1 aliphatic rings. The first-order valence-electron chi connectivity index (χ1n) is 5.87. The summed E-state index contributed by atoms with van der Waals surface area (Å²) in [6, 6.07) is 14.4. The Bertz CT molecular complexity index is 666. The van der Waals surface area contributed by atoms with Gasteiger partial charge in [-0.2, -0.15) is 5.26 Å². The van der Waals surface area contributed by atoms with Crippen molar-refractivity contribution < 1.29 is 14.4 Å². The predicted molar refractivity (Wildman–Crippen MR) is 70.1 cm³/mol. The van der Waals surface area contributed by atoms with Crippen LogP contribution in [0.5, 0.6) is 11.5 Å². The standard InChI is InChI=1S/C14H10BNO3/c16-8-10-3-1-4-11(7-10)19-14-6-2-5-13-12(14)9-18-15(13)17/h1-7,17H,9H2. The zero-order chi connectivity index (χ0) is 13.2. The van der Waals surface area contributed by atoms with Crippen molar-refractivity contribution >= 4 is 12.6 Å². The molecule has 0 spiro atoms. The minimum absolute atomic E-state index is 0.324. The molecule has 1 N–H and O–H groups in total.